The van der Waals surface area contributed by atoms with Gasteiger partial charge in [0.15, 0.2) is 5.75 Å². The van der Waals surface area contributed by atoms with Gasteiger partial charge in [0.1, 0.15) is 18.5 Å². The zero-order chi connectivity index (χ0) is 24.7. The van der Waals surface area contributed by atoms with Crippen molar-refractivity contribution in [3.8, 4) is 11.6 Å². The van der Waals surface area contributed by atoms with Crippen molar-refractivity contribution >= 4 is 22.5 Å². The largest absolute Gasteiger partial charge is 0.489 e. The number of hydrogen-bond donors (Lipinski definition) is 1. The van der Waals surface area contributed by atoms with Crippen molar-refractivity contribution in [3.63, 3.8) is 0 Å². The molecule has 3 heterocycles. The van der Waals surface area contributed by atoms with E-state index in [9.17, 15) is 0 Å². The number of rotatable bonds is 9. The fourth-order valence-corrected chi connectivity index (χ4v) is 4.67. The molecule has 0 amide bonds. The molecule has 1 N–H and O–H groups in total. The minimum atomic E-state index is 0.146. The summed E-state index contributed by atoms with van der Waals surface area (Å²) in [6.45, 7) is 4.65. The number of aromatic nitrogens is 3. The highest BCUT2D eigenvalue weighted by molar-refractivity contribution is 5.89. The summed E-state index contributed by atoms with van der Waals surface area (Å²) in [5, 5.41) is 5.70. The van der Waals surface area contributed by atoms with E-state index >= 15 is 0 Å². The molecule has 0 atom stereocenters. The van der Waals surface area contributed by atoms with Crippen LogP contribution in [0.25, 0.3) is 10.8 Å². The van der Waals surface area contributed by atoms with Crippen molar-refractivity contribution in [2.24, 2.45) is 0 Å². The highest BCUT2D eigenvalue weighted by Crippen LogP contribution is 2.32. The number of pyridine rings is 1. The predicted molar refractivity (Wildman–Crippen MR) is 141 cm³/mol. The Balaban J connectivity index is 1.17. The minimum absolute atomic E-state index is 0.146. The Morgan fingerprint density at radius 1 is 1.06 bits per heavy atom. The SMILES string of the molecule is CN(C)CCOc1cnc(N[C@H]2CC[C@@H](Oc3nc(N4CCOCC4)cc4ccccc34)CC2)nc1. The van der Waals surface area contributed by atoms with Gasteiger partial charge in [0.25, 0.3) is 0 Å². The van der Waals surface area contributed by atoms with Gasteiger partial charge in [0, 0.05) is 31.1 Å². The third-order valence-electron chi connectivity index (χ3n) is 6.75. The molecule has 0 radical (unpaired) electrons. The highest BCUT2D eigenvalue weighted by atomic mass is 16.5. The van der Waals surface area contributed by atoms with E-state index in [1.54, 1.807) is 12.4 Å². The third kappa shape index (κ3) is 6.33. The highest BCUT2D eigenvalue weighted by Gasteiger charge is 2.25. The van der Waals surface area contributed by atoms with Crippen molar-refractivity contribution in [1.29, 1.82) is 0 Å². The van der Waals surface area contributed by atoms with Crippen LogP contribution in [-0.2, 0) is 4.74 Å². The van der Waals surface area contributed by atoms with Gasteiger partial charge in [0.05, 0.1) is 25.6 Å². The van der Waals surface area contributed by atoms with Crippen molar-refractivity contribution < 1.29 is 14.2 Å². The van der Waals surface area contributed by atoms with E-state index in [0.717, 1.165) is 81.0 Å². The maximum atomic E-state index is 6.52. The van der Waals surface area contributed by atoms with Crippen LogP contribution < -0.4 is 19.7 Å². The smallest absolute Gasteiger partial charge is 0.223 e. The maximum Gasteiger partial charge on any atom is 0.223 e. The van der Waals surface area contributed by atoms with Crippen molar-refractivity contribution in [1.82, 2.24) is 19.9 Å². The summed E-state index contributed by atoms with van der Waals surface area (Å²) >= 11 is 0. The third-order valence-corrected chi connectivity index (χ3v) is 6.75. The van der Waals surface area contributed by atoms with Crippen LogP contribution in [0.15, 0.2) is 42.7 Å². The molecule has 0 unspecified atom stereocenters. The average molecular weight is 493 g/mol. The first-order valence-electron chi connectivity index (χ1n) is 12.9. The topological polar surface area (TPSA) is 84.9 Å². The van der Waals surface area contributed by atoms with Gasteiger partial charge >= 0.3 is 0 Å². The molecule has 1 saturated carbocycles. The van der Waals surface area contributed by atoms with Gasteiger partial charge in [-0.05, 0) is 57.3 Å². The maximum absolute atomic E-state index is 6.52. The van der Waals surface area contributed by atoms with Gasteiger partial charge in [-0.25, -0.2) is 9.97 Å². The molecule has 1 aliphatic heterocycles. The van der Waals surface area contributed by atoms with Crippen molar-refractivity contribution in [2.75, 3.05) is 63.8 Å². The van der Waals surface area contributed by atoms with Crippen LogP contribution in [0.5, 0.6) is 11.6 Å². The quantitative estimate of drug-likeness (QED) is 0.481. The number of anilines is 2. The second-order valence-corrected chi connectivity index (χ2v) is 9.74. The molecular weight excluding hydrogens is 456 g/mol. The molecule has 5 rings (SSSR count). The number of ether oxygens (including phenoxy) is 3. The van der Waals surface area contributed by atoms with Gasteiger partial charge in [-0.1, -0.05) is 18.2 Å². The minimum Gasteiger partial charge on any atom is -0.489 e. The second-order valence-electron chi connectivity index (χ2n) is 9.74. The molecule has 1 saturated heterocycles. The molecular formula is C27H36N6O3. The molecule has 1 aromatic carbocycles. The standard InChI is InChI=1S/C27H36N6O3/c1-32(2)11-16-35-23-18-28-27(29-19-23)30-21-7-9-22(10-8-21)36-26-24-6-4-3-5-20(24)17-25(31-26)33-12-14-34-15-13-33/h3-6,17-19,21-22H,7-16H2,1-2H3,(H,28,29,30)/t21-,22+. The van der Waals surface area contributed by atoms with Gasteiger partial charge in [-0.15, -0.1) is 0 Å². The summed E-state index contributed by atoms with van der Waals surface area (Å²) < 4.78 is 17.7. The molecule has 0 bridgehead atoms. The summed E-state index contributed by atoms with van der Waals surface area (Å²) in [5.74, 6) is 3.04. The number of morpholine rings is 1. The molecule has 1 aliphatic carbocycles. The zero-order valence-electron chi connectivity index (χ0n) is 21.2. The van der Waals surface area contributed by atoms with Crippen LogP contribution in [0.1, 0.15) is 25.7 Å². The van der Waals surface area contributed by atoms with E-state index in [1.165, 1.54) is 0 Å². The zero-order valence-corrected chi connectivity index (χ0v) is 21.2. The van der Waals surface area contributed by atoms with Crippen LogP contribution in [0.2, 0.25) is 0 Å². The van der Waals surface area contributed by atoms with Gasteiger partial charge in [0.2, 0.25) is 11.8 Å². The van der Waals surface area contributed by atoms with E-state index in [4.69, 9.17) is 19.2 Å². The van der Waals surface area contributed by atoms with Gasteiger partial charge < -0.3 is 29.3 Å². The van der Waals surface area contributed by atoms with E-state index in [-0.39, 0.29) is 6.10 Å². The number of benzene rings is 1. The van der Waals surface area contributed by atoms with Crippen LogP contribution >= 0.6 is 0 Å². The van der Waals surface area contributed by atoms with E-state index in [0.29, 0.717) is 24.3 Å². The molecule has 2 fully saturated rings. The average Bonchev–Trinajstić information content (AvgIpc) is 2.91. The van der Waals surface area contributed by atoms with Gasteiger partial charge in [-0.2, -0.15) is 4.98 Å². The predicted octanol–water partition coefficient (Wildman–Crippen LogP) is 3.60. The lowest BCUT2D eigenvalue weighted by atomic mass is 9.93. The number of fused-ring (bicyclic) bond motifs is 1. The number of nitrogens with one attached hydrogen (secondary N) is 1. The van der Waals surface area contributed by atoms with Crippen LogP contribution in [0.4, 0.5) is 11.8 Å². The van der Waals surface area contributed by atoms with Crippen molar-refractivity contribution in [3.05, 3.63) is 42.7 Å². The Bertz CT molecular complexity index is 1110. The van der Waals surface area contributed by atoms with E-state index < -0.39 is 0 Å². The first-order valence-corrected chi connectivity index (χ1v) is 12.9. The Morgan fingerprint density at radius 3 is 2.56 bits per heavy atom. The monoisotopic (exact) mass is 492 g/mol. The summed E-state index contributed by atoms with van der Waals surface area (Å²) in [5.41, 5.74) is 0. The lowest BCUT2D eigenvalue weighted by Gasteiger charge is -2.31. The van der Waals surface area contributed by atoms with Crippen molar-refractivity contribution in [2.45, 2.75) is 37.8 Å². The van der Waals surface area contributed by atoms with E-state index in [2.05, 4.69) is 49.4 Å². The Morgan fingerprint density at radius 2 is 1.81 bits per heavy atom. The Labute approximate surface area is 212 Å². The lowest BCUT2D eigenvalue weighted by molar-refractivity contribution is 0.122. The number of hydrogen-bond acceptors (Lipinski definition) is 9. The fraction of sp³-hybridized carbons (Fsp3) is 0.519. The van der Waals surface area contributed by atoms with Crippen LogP contribution in [0, 0.1) is 0 Å². The molecule has 9 nitrogen and oxygen atoms in total. The summed E-state index contributed by atoms with van der Waals surface area (Å²) in [7, 11) is 4.04. The lowest BCUT2D eigenvalue weighted by Crippen LogP contribution is -2.37. The molecule has 9 heteroatoms. The number of likely N-dealkylation sites (N-methyl/N-ethyl adjacent to an activating group) is 1. The Kier molecular flexibility index (Phi) is 7.98. The fourth-order valence-electron chi connectivity index (χ4n) is 4.67. The number of nitrogens with zero attached hydrogens (tertiary/aromatic N) is 5. The summed E-state index contributed by atoms with van der Waals surface area (Å²) in [4.78, 5) is 18.2. The molecule has 2 aliphatic rings. The molecule has 192 valence electrons. The molecule has 36 heavy (non-hydrogen) atoms. The van der Waals surface area contributed by atoms with Crippen LogP contribution in [-0.4, -0.2) is 85.5 Å². The molecule has 2 aromatic heterocycles. The van der Waals surface area contributed by atoms with Crippen LogP contribution in [0.3, 0.4) is 0 Å². The molecule has 0 spiro atoms. The van der Waals surface area contributed by atoms with E-state index in [1.807, 2.05) is 20.2 Å². The first kappa shape index (κ1) is 24.5. The second kappa shape index (κ2) is 11.7. The molecule has 3 aromatic rings. The summed E-state index contributed by atoms with van der Waals surface area (Å²) in [6, 6.07) is 10.8. The Hall–Kier alpha value is -3.17. The summed E-state index contributed by atoms with van der Waals surface area (Å²) in [6.07, 6.45) is 7.53. The first-order chi connectivity index (χ1) is 17.6. The normalized spacial score (nSPS) is 20.5. The van der Waals surface area contributed by atoms with Gasteiger partial charge in [-0.3, -0.25) is 0 Å².